The van der Waals surface area contributed by atoms with Gasteiger partial charge in [0.2, 0.25) is 5.91 Å². The number of piperazine rings is 1. The Labute approximate surface area is 195 Å². The molecular formula is C27H29N5O. The Balaban J connectivity index is 1.56. The van der Waals surface area contributed by atoms with Gasteiger partial charge in [-0.3, -0.25) is 9.78 Å². The minimum Gasteiger partial charge on any atom is -0.368 e. The zero-order valence-corrected chi connectivity index (χ0v) is 19.0. The van der Waals surface area contributed by atoms with Crippen LogP contribution < -0.4 is 15.1 Å². The predicted molar refractivity (Wildman–Crippen MR) is 133 cm³/mol. The van der Waals surface area contributed by atoms with Crippen molar-refractivity contribution >= 4 is 23.0 Å². The molecule has 33 heavy (non-hydrogen) atoms. The third kappa shape index (κ3) is 5.50. The lowest BCUT2D eigenvalue weighted by molar-refractivity contribution is -0.116. The van der Waals surface area contributed by atoms with E-state index in [2.05, 4.69) is 57.4 Å². The average Bonchev–Trinajstić information content (AvgIpc) is 2.88. The van der Waals surface area contributed by atoms with Crippen molar-refractivity contribution in [1.82, 2.24) is 4.98 Å². The summed E-state index contributed by atoms with van der Waals surface area (Å²) in [4.78, 5) is 21.3. The Morgan fingerprint density at radius 1 is 1.06 bits per heavy atom. The molecule has 1 N–H and O–H groups in total. The molecule has 168 valence electrons. The number of nitriles is 1. The summed E-state index contributed by atoms with van der Waals surface area (Å²) in [7, 11) is 0. The maximum atomic E-state index is 12.3. The number of unbranched alkanes of at least 4 members (excludes halogenated alkanes) is 1. The lowest BCUT2D eigenvalue weighted by atomic mass is 10.0. The van der Waals surface area contributed by atoms with Crippen LogP contribution in [0.15, 0.2) is 67.0 Å². The van der Waals surface area contributed by atoms with Gasteiger partial charge < -0.3 is 15.1 Å². The quantitative estimate of drug-likeness (QED) is 0.556. The zero-order chi connectivity index (χ0) is 23.0. The third-order valence-corrected chi connectivity index (χ3v) is 5.97. The smallest absolute Gasteiger partial charge is 0.224 e. The molecule has 1 amide bonds. The number of hydrogen-bond acceptors (Lipinski definition) is 5. The highest BCUT2D eigenvalue weighted by Gasteiger charge is 2.21. The minimum absolute atomic E-state index is 0.0547. The Morgan fingerprint density at radius 2 is 1.88 bits per heavy atom. The summed E-state index contributed by atoms with van der Waals surface area (Å²) in [5.41, 5.74) is 5.85. The van der Waals surface area contributed by atoms with Crippen molar-refractivity contribution in [2.45, 2.75) is 26.2 Å². The first-order valence-electron chi connectivity index (χ1n) is 11.5. The highest BCUT2D eigenvalue weighted by atomic mass is 16.1. The van der Waals surface area contributed by atoms with Gasteiger partial charge in [0.15, 0.2) is 0 Å². The van der Waals surface area contributed by atoms with E-state index in [0.717, 1.165) is 67.2 Å². The van der Waals surface area contributed by atoms with Gasteiger partial charge in [0, 0.05) is 73.2 Å². The van der Waals surface area contributed by atoms with Gasteiger partial charge in [-0.15, -0.1) is 0 Å². The Bertz CT molecular complexity index is 1130. The molecule has 2 heterocycles. The lowest BCUT2D eigenvalue weighted by Gasteiger charge is -2.38. The van der Waals surface area contributed by atoms with Gasteiger partial charge >= 0.3 is 0 Å². The van der Waals surface area contributed by atoms with Gasteiger partial charge in [-0.05, 0) is 42.8 Å². The molecule has 1 aliphatic rings. The summed E-state index contributed by atoms with van der Waals surface area (Å²) in [6, 6.07) is 20.1. The molecule has 0 bridgehead atoms. The topological polar surface area (TPSA) is 72.3 Å². The molecule has 1 saturated heterocycles. The predicted octanol–water partition coefficient (Wildman–Crippen LogP) is 5.08. The fourth-order valence-corrected chi connectivity index (χ4v) is 4.18. The van der Waals surface area contributed by atoms with E-state index in [1.165, 1.54) is 0 Å². The molecule has 0 unspecified atom stereocenters. The van der Waals surface area contributed by atoms with Crippen molar-refractivity contribution in [2.24, 2.45) is 0 Å². The normalized spacial score (nSPS) is 13.5. The van der Waals surface area contributed by atoms with Crippen molar-refractivity contribution < 1.29 is 4.79 Å². The van der Waals surface area contributed by atoms with Crippen molar-refractivity contribution in [3.05, 3.63) is 72.6 Å². The molecule has 1 fully saturated rings. The molecule has 0 saturated carbocycles. The van der Waals surface area contributed by atoms with Crippen LogP contribution in [0.2, 0.25) is 0 Å². The number of aromatic nitrogens is 1. The molecule has 0 radical (unpaired) electrons. The number of pyridine rings is 1. The number of benzene rings is 2. The SMILES string of the molecule is CCCCC(=O)Nc1ccc(-c2cccnc2)c(N2CCN(c3cccc(C#N)c3)CC2)c1. The van der Waals surface area contributed by atoms with Crippen LogP contribution in [0.1, 0.15) is 31.7 Å². The van der Waals surface area contributed by atoms with Crippen LogP contribution in [0.25, 0.3) is 11.1 Å². The molecule has 6 heteroatoms. The van der Waals surface area contributed by atoms with E-state index in [1.807, 2.05) is 36.5 Å². The molecule has 2 aromatic carbocycles. The maximum absolute atomic E-state index is 12.3. The van der Waals surface area contributed by atoms with Gasteiger partial charge in [-0.1, -0.05) is 31.5 Å². The van der Waals surface area contributed by atoms with Gasteiger partial charge in [-0.25, -0.2) is 0 Å². The summed E-state index contributed by atoms with van der Waals surface area (Å²) in [6.07, 6.45) is 6.08. The maximum Gasteiger partial charge on any atom is 0.224 e. The molecule has 4 rings (SSSR count). The fraction of sp³-hybridized carbons (Fsp3) is 0.296. The Kier molecular flexibility index (Phi) is 7.21. The number of amides is 1. The van der Waals surface area contributed by atoms with E-state index in [-0.39, 0.29) is 5.91 Å². The second kappa shape index (κ2) is 10.6. The summed E-state index contributed by atoms with van der Waals surface area (Å²) in [5, 5.41) is 12.3. The van der Waals surface area contributed by atoms with E-state index in [0.29, 0.717) is 12.0 Å². The first kappa shape index (κ1) is 22.3. The van der Waals surface area contributed by atoms with Crippen molar-refractivity contribution in [3.8, 4) is 17.2 Å². The van der Waals surface area contributed by atoms with Crippen LogP contribution in [-0.2, 0) is 4.79 Å². The van der Waals surface area contributed by atoms with Crippen LogP contribution in [0, 0.1) is 11.3 Å². The summed E-state index contributed by atoms with van der Waals surface area (Å²) >= 11 is 0. The molecule has 0 aliphatic carbocycles. The molecule has 6 nitrogen and oxygen atoms in total. The van der Waals surface area contributed by atoms with Crippen LogP contribution in [0.4, 0.5) is 17.1 Å². The van der Waals surface area contributed by atoms with Crippen LogP contribution in [0.5, 0.6) is 0 Å². The summed E-state index contributed by atoms with van der Waals surface area (Å²) < 4.78 is 0. The van der Waals surface area contributed by atoms with Gasteiger partial charge in [-0.2, -0.15) is 5.26 Å². The van der Waals surface area contributed by atoms with Crippen LogP contribution in [0.3, 0.4) is 0 Å². The average molecular weight is 440 g/mol. The second-order valence-electron chi connectivity index (χ2n) is 8.26. The first-order valence-corrected chi connectivity index (χ1v) is 11.5. The molecule has 1 aliphatic heterocycles. The van der Waals surface area contributed by atoms with Crippen molar-refractivity contribution in [2.75, 3.05) is 41.3 Å². The highest BCUT2D eigenvalue weighted by molar-refractivity contribution is 5.92. The standard InChI is InChI=1S/C27H29N5O/c1-2-3-9-27(33)30-23-10-11-25(22-7-5-12-29-20-22)26(18-23)32-15-13-31(14-16-32)24-8-4-6-21(17-24)19-28/h4-8,10-12,17-18,20H,2-3,9,13-16H2,1H3,(H,30,33). The van der Waals surface area contributed by atoms with E-state index in [4.69, 9.17) is 0 Å². The molecule has 1 aromatic heterocycles. The zero-order valence-electron chi connectivity index (χ0n) is 19.0. The number of carbonyl (C=O) groups excluding carboxylic acids is 1. The number of anilines is 3. The van der Waals surface area contributed by atoms with Gasteiger partial charge in [0.05, 0.1) is 11.6 Å². The number of nitrogens with one attached hydrogen (secondary N) is 1. The number of rotatable bonds is 7. The Morgan fingerprint density at radius 3 is 2.61 bits per heavy atom. The van der Waals surface area contributed by atoms with Crippen molar-refractivity contribution in [1.29, 1.82) is 5.26 Å². The molecule has 3 aromatic rings. The third-order valence-electron chi connectivity index (χ3n) is 5.97. The largest absolute Gasteiger partial charge is 0.368 e. The molecular weight excluding hydrogens is 410 g/mol. The lowest BCUT2D eigenvalue weighted by Crippen LogP contribution is -2.46. The monoisotopic (exact) mass is 439 g/mol. The minimum atomic E-state index is 0.0547. The van der Waals surface area contributed by atoms with Gasteiger partial charge in [0.25, 0.3) is 0 Å². The van der Waals surface area contributed by atoms with Crippen LogP contribution >= 0.6 is 0 Å². The van der Waals surface area contributed by atoms with Gasteiger partial charge in [0.1, 0.15) is 0 Å². The summed E-state index contributed by atoms with van der Waals surface area (Å²) in [6.45, 7) is 5.49. The molecule has 0 spiro atoms. The number of hydrogen-bond donors (Lipinski definition) is 1. The van der Waals surface area contributed by atoms with Crippen LogP contribution in [-0.4, -0.2) is 37.1 Å². The second-order valence-corrected chi connectivity index (χ2v) is 8.26. The Hall–Kier alpha value is -3.85. The number of nitrogens with zero attached hydrogens (tertiary/aromatic N) is 4. The highest BCUT2D eigenvalue weighted by Crippen LogP contribution is 2.34. The number of carbonyl (C=O) groups is 1. The van der Waals surface area contributed by atoms with E-state index < -0.39 is 0 Å². The van der Waals surface area contributed by atoms with E-state index >= 15 is 0 Å². The van der Waals surface area contributed by atoms with E-state index in [9.17, 15) is 10.1 Å². The molecule has 0 atom stereocenters. The van der Waals surface area contributed by atoms with Crippen molar-refractivity contribution in [3.63, 3.8) is 0 Å². The van der Waals surface area contributed by atoms with E-state index in [1.54, 1.807) is 6.20 Å². The summed E-state index contributed by atoms with van der Waals surface area (Å²) in [5.74, 6) is 0.0547. The fourth-order valence-electron chi connectivity index (χ4n) is 4.18. The first-order chi connectivity index (χ1) is 16.2.